The molecule has 10 nitrogen and oxygen atoms in total. The van der Waals surface area contributed by atoms with Crippen LogP contribution in [0.5, 0.6) is 0 Å². The molecule has 0 aromatic carbocycles. The maximum atomic E-state index is 10.2. The second-order valence-electron chi connectivity index (χ2n) is 30.4. The van der Waals surface area contributed by atoms with Crippen LogP contribution in [0.4, 0.5) is 0 Å². The minimum absolute atomic E-state index is 0. The van der Waals surface area contributed by atoms with Gasteiger partial charge in [0.25, 0.3) is 0 Å². The Morgan fingerprint density at radius 1 is 0.137 bits per heavy atom. The fourth-order valence-electron chi connectivity index (χ4n) is 13.2. The Balaban J connectivity index is -0.000000220. The molecule has 0 heterocycles. The first-order valence-electron chi connectivity index (χ1n) is 44.8. The van der Waals surface area contributed by atoms with Crippen molar-refractivity contribution in [3.05, 3.63) is 0 Å². The predicted molar refractivity (Wildman–Crippen MR) is 423 cm³/mol. The van der Waals surface area contributed by atoms with Gasteiger partial charge in [-0.15, -0.1) is 0 Å². The van der Waals surface area contributed by atoms with Crippen LogP contribution >= 0.6 is 0 Å². The summed E-state index contributed by atoms with van der Waals surface area (Å²) in [7, 11) is 0. The minimum atomic E-state index is -0.903. The molecule has 0 saturated heterocycles. The number of carbonyl (C=O) groups excluding carboxylic acids is 5. The second-order valence-corrected chi connectivity index (χ2v) is 30.4. The molecule has 0 rings (SSSR count). The molecule has 0 N–H and O–H groups in total. The first-order chi connectivity index (χ1) is 48.9. The van der Waals surface area contributed by atoms with E-state index in [0.29, 0.717) is 0 Å². The van der Waals surface area contributed by atoms with E-state index in [1.807, 2.05) is 0 Å². The van der Waals surface area contributed by atoms with Crippen LogP contribution in [-0.2, 0) is 43.5 Å². The summed E-state index contributed by atoms with van der Waals surface area (Å²) in [6, 6.07) is 0. The van der Waals surface area contributed by atoms with E-state index in [1.54, 1.807) is 0 Å². The molecule has 0 bridgehead atoms. The van der Waals surface area contributed by atoms with Crippen LogP contribution < -0.4 is 25.5 Å². The van der Waals surface area contributed by atoms with Gasteiger partial charge in [-0.05, 0) is 64.2 Å². The summed E-state index contributed by atoms with van der Waals surface area (Å²) < 4.78 is 0. The monoisotopic (exact) mass is 1620 g/mol. The molecule has 0 unspecified atom stereocenters. The molecule has 12 heteroatoms. The zero-order chi connectivity index (χ0) is 74.5. The molecule has 102 heavy (non-hydrogen) atoms. The molecular formula is C90H175LaO10Zn. The van der Waals surface area contributed by atoms with Gasteiger partial charge in [0.2, 0.25) is 0 Å². The van der Waals surface area contributed by atoms with Crippen LogP contribution in [0, 0.1) is 35.6 Å². The SMILES string of the molecule is CCCCCCCCCCCCCCCCCC(=O)[O-].CCCCCCCCCCCCCCCCCC(=O)[O-].CCCCCCCCCCCCCCCCCC(=O)[O-].CCCCCCCCCCCCCCCCCC(=O)[O-].CCCCCCCCCCCCCCCCCC(=O)[O-].[La+3].[Zn+2]. The minimum Gasteiger partial charge on any atom is -0.550 e. The van der Waals surface area contributed by atoms with Crippen molar-refractivity contribution in [3.63, 3.8) is 0 Å². The Hall–Kier alpha value is -0.832. The van der Waals surface area contributed by atoms with Crippen molar-refractivity contribution in [2.24, 2.45) is 0 Å². The van der Waals surface area contributed by atoms with Gasteiger partial charge in [0.1, 0.15) is 0 Å². The van der Waals surface area contributed by atoms with Gasteiger partial charge in [-0.3, -0.25) is 0 Å². The number of carboxylic acids is 5. The predicted octanol–water partition coefficient (Wildman–Crippen LogP) is 25.0. The Bertz CT molecular complexity index is 1280. The Labute approximate surface area is 677 Å². The standard InChI is InChI=1S/5C18H36O2.La.Zn/c5*1-2-3-4-5-6-7-8-9-10-11-12-13-14-15-16-17-18(19)20;;/h5*2-17H2,1H3,(H,19,20);;/q;;;;;+3;+2/p-5. The van der Waals surface area contributed by atoms with Gasteiger partial charge in [-0.25, -0.2) is 0 Å². The third kappa shape index (κ3) is 135. The molecule has 0 saturated carbocycles. The number of carbonyl (C=O) groups is 5. The average molecular weight is 1620 g/mol. The molecule has 0 aromatic heterocycles. The van der Waals surface area contributed by atoms with Gasteiger partial charge in [0.05, 0.1) is 0 Å². The molecule has 0 aliphatic heterocycles. The van der Waals surface area contributed by atoms with Crippen LogP contribution in [-0.4, -0.2) is 29.8 Å². The van der Waals surface area contributed by atoms with Gasteiger partial charge < -0.3 is 49.5 Å². The molecule has 0 spiro atoms. The second kappa shape index (κ2) is 111. The third-order valence-electron chi connectivity index (χ3n) is 19.9. The summed E-state index contributed by atoms with van der Waals surface area (Å²) in [4.78, 5) is 51.1. The number of unbranched alkanes of at least 4 members (excludes halogenated alkanes) is 70. The molecule has 0 aliphatic carbocycles. The van der Waals surface area contributed by atoms with Gasteiger partial charge >= 0.3 is 55.1 Å². The summed E-state index contributed by atoms with van der Waals surface area (Å²) in [5, 5.41) is 51.1. The Kier molecular flexibility index (Phi) is 125. The van der Waals surface area contributed by atoms with E-state index in [1.165, 1.54) is 417 Å². The zero-order valence-corrected chi connectivity index (χ0v) is 76.0. The first kappa shape index (κ1) is 114. The van der Waals surface area contributed by atoms with E-state index in [2.05, 4.69) is 34.6 Å². The van der Waals surface area contributed by atoms with E-state index >= 15 is 0 Å². The number of rotatable bonds is 80. The van der Waals surface area contributed by atoms with Crippen molar-refractivity contribution in [3.8, 4) is 0 Å². The largest absolute Gasteiger partial charge is 3.00 e. The summed E-state index contributed by atoms with van der Waals surface area (Å²) in [6.07, 6.45) is 99.3. The maximum Gasteiger partial charge on any atom is 3.00 e. The van der Waals surface area contributed by atoms with E-state index in [-0.39, 0.29) is 87.2 Å². The number of carboxylic acid groups (broad SMARTS) is 5. The van der Waals surface area contributed by atoms with E-state index < -0.39 is 29.8 Å². The van der Waals surface area contributed by atoms with Gasteiger partial charge in [0, 0.05) is 29.8 Å². The van der Waals surface area contributed by atoms with E-state index in [9.17, 15) is 49.5 Å². The normalized spacial score (nSPS) is 10.6. The molecule has 0 aromatic rings. The van der Waals surface area contributed by atoms with Gasteiger partial charge in [-0.2, -0.15) is 0 Å². The fourth-order valence-corrected chi connectivity index (χ4v) is 13.2. The molecule has 0 amide bonds. The summed E-state index contributed by atoms with van der Waals surface area (Å²) in [6.45, 7) is 11.3. The van der Waals surface area contributed by atoms with E-state index in [0.717, 1.165) is 64.2 Å². The topological polar surface area (TPSA) is 201 Å². The number of hydrogen-bond donors (Lipinski definition) is 0. The van der Waals surface area contributed by atoms with E-state index in [4.69, 9.17) is 0 Å². The number of hydrogen-bond acceptors (Lipinski definition) is 10. The zero-order valence-electron chi connectivity index (χ0n) is 69.4. The fraction of sp³-hybridized carbons (Fsp3) is 0.944. The third-order valence-corrected chi connectivity index (χ3v) is 19.9. The summed E-state index contributed by atoms with van der Waals surface area (Å²) in [5.41, 5.74) is 0. The molecular weight excluding hydrogens is 1450 g/mol. The summed E-state index contributed by atoms with van der Waals surface area (Å²) >= 11 is 0. The van der Waals surface area contributed by atoms with Crippen molar-refractivity contribution >= 4 is 29.8 Å². The van der Waals surface area contributed by atoms with Gasteiger partial charge in [-0.1, -0.05) is 484 Å². The van der Waals surface area contributed by atoms with Crippen LogP contribution in [0.25, 0.3) is 0 Å². The maximum absolute atomic E-state index is 10.2. The van der Waals surface area contributed by atoms with Crippen LogP contribution in [0.3, 0.4) is 0 Å². The molecule has 0 atom stereocenters. The summed E-state index contributed by atoms with van der Waals surface area (Å²) in [5.74, 6) is -4.52. The molecule has 600 valence electrons. The van der Waals surface area contributed by atoms with Crippen LogP contribution in [0.15, 0.2) is 0 Å². The molecule has 0 fully saturated rings. The van der Waals surface area contributed by atoms with Crippen LogP contribution in [0.2, 0.25) is 0 Å². The molecule has 0 radical (unpaired) electrons. The first-order valence-corrected chi connectivity index (χ1v) is 44.8. The van der Waals surface area contributed by atoms with Crippen molar-refractivity contribution in [1.82, 2.24) is 0 Å². The van der Waals surface area contributed by atoms with Crippen LogP contribution in [0.1, 0.15) is 548 Å². The van der Waals surface area contributed by atoms with Crippen molar-refractivity contribution in [2.75, 3.05) is 0 Å². The smallest absolute Gasteiger partial charge is 0.550 e. The van der Waals surface area contributed by atoms with Crippen molar-refractivity contribution in [2.45, 2.75) is 548 Å². The quantitative estimate of drug-likeness (QED) is 0.0417. The average Bonchev–Trinajstić information content (AvgIpc) is 3.77. The Morgan fingerprint density at radius 3 is 0.255 bits per heavy atom. The Morgan fingerprint density at radius 2 is 0.196 bits per heavy atom. The van der Waals surface area contributed by atoms with Crippen molar-refractivity contribution in [1.29, 1.82) is 0 Å². The van der Waals surface area contributed by atoms with Crippen molar-refractivity contribution < 1.29 is 105 Å². The van der Waals surface area contributed by atoms with Gasteiger partial charge in [0.15, 0.2) is 0 Å². The number of aliphatic carboxylic acids is 5. The molecule has 0 aliphatic rings.